The van der Waals surface area contributed by atoms with E-state index in [2.05, 4.69) is 14.6 Å². The molecule has 1 fully saturated rings. The summed E-state index contributed by atoms with van der Waals surface area (Å²) in [5.74, 6) is -0.0626. The lowest BCUT2D eigenvalue weighted by atomic mass is 10.1. The first-order chi connectivity index (χ1) is 13.9. The number of sulfonamides is 1. The van der Waals surface area contributed by atoms with Gasteiger partial charge in [0, 0.05) is 56.7 Å². The lowest BCUT2D eigenvalue weighted by Crippen LogP contribution is -2.48. The van der Waals surface area contributed by atoms with Crippen molar-refractivity contribution in [1.82, 2.24) is 19.5 Å². The molecular weight excluding hydrogens is 388 g/mol. The molecule has 1 saturated heterocycles. The van der Waals surface area contributed by atoms with E-state index >= 15 is 0 Å². The van der Waals surface area contributed by atoms with Crippen LogP contribution in [-0.2, 0) is 16.6 Å². The van der Waals surface area contributed by atoms with Crippen LogP contribution in [-0.4, -0.2) is 61.3 Å². The highest BCUT2D eigenvalue weighted by Gasteiger charge is 2.23. The smallest absolute Gasteiger partial charge is 0.253 e. The average molecular weight is 417 g/mol. The lowest BCUT2D eigenvalue weighted by molar-refractivity contribution is 0.0628. The van der Waals surface area contributed by atoms with Crippen LogP contribution in [0, 0.1) is 0 Å². The molecule has 3 rings (SSSR count). The summed E-state index contributed by atoms with van der Waals surface area (Å²) < 4.78 is 27.3. The zero-order valence-corrected chi connectivity index (χ0v) is 17.7. The van der Waals surface area contributed by atoms with Gasteiger partial charge < -0.3 is 4.90 Å². The first-order valence-corrected chi connectivity index (χ1v) is 11.4. The summed E-state index contributed by atoms with van der Waals surface area (Å²) in [6, 6.07) is 10.1. The summed E-state index contributed by atoms with van der Waals surface area (Å²) in [7, 11) is -3.56. The minimum Gasteiger partial charge on any atom is -0.336 e. The molecule has 156 valence electrons. The van der Waals surface area contributed by atoms with Crippen LogP contribution in [0.5, 0.6) is 0 Å². The molecule has 1 amide bonds. The predicted molar refractivity (Wildman–Crippen MR) is 112 cm³/mol. The van der Waals surface area contributed by atoms with Crippen molar-refractivity contribution in [1.29, 1.82) is 0 Å². The Morgan fingerprint density at radius 1 is 1.07 bits per heavy atom. The lowest BCUT2D eigenvalue weighted by Gasteiger charge is -2.34. The third-order valence-electron chi connectivity index (χ3n) is 5.20. The number of aromatic nitrogens is 1. The highest BCUT2D eigenvalue weighted by atomic mass is 32.2. The van der Waals surface area contributed by atoms with Crippen molar-refractivity contribution in [2.24, 2.45) is 0 Å². The van der Waals surface area contributed by atoms with Crippen LogP contribution in [0.2, 0.25) is 0 Å². The summed E-state index contributed by atoms with van der Waals surface area (Å²) in [5.41, 5.74) is 1.72. The van der Waals surface area contributed by atoms with Crippen molar-refractivity contribution in [3.05, 3.63) is 59.9 Å². The van der Waals surface area contributed by atoms with Crippen LogP contribution < -0.4 is 4.72 Å². The molecule has 0 bridgehead atoms. The quantitative estimate of drug-likeness (QED) is 0.748. The number of benzene rings is 1. The molecule has 8 heteroatoms. The molecule has 1 aliphatic heterocycles. The first kappa shape index (κ1) is 21.4. The van der Waals surface area contributed by atoms with E-state index in [0.717, 1.165) is 19.6 Å². The monoisotopic (exact) mass is 416 g/mol. The number of carbonyl (C=O) groups is 1. The second kappa shape index (κ2) is 9.47. The predicted octanol–water partition coefficient (Wildman–Crippen LogP) is 2.12. The van der Waals surface area contributed by atoms with Gasteiger partial charge in [-0.2, -0.15) is 0 Å². The fraction of sp³-hybridized carbons (Fsp3) is 0.429. The molecule has 0 unspecified atom stereocenters. The van der Waals surface area contributed by atoms with Gasteiger partial charge >= 0.3 is 0 Å². The molecular formula is C21H28N4O3S. The van der Waals surface area contributed by atoms with E-state index in [4.69, 9.17) is 0 Å². The number of hydrogen-bond acceptors (Lipinski definition) is 5. The summed E-state index contributed by atoms with van der Waals surface area (Å²) >= 11 is 0. The van der Waals surface area contributed by atoms with E-state index in [1.165, 1.54) is 17.7 Å². The molecule has 1 aliphatic rings. The van der Waals surface area contributed by atoms with Gasteiger partial charge in [-0.3, -0.25) is 14.7 Å². The van der Waals surface area contributed by atoms with Crippen molar-refractivity contribution in [2.45, 2.75) is 37.8 Å². The van der Waals surface area contributed by atoms with Gasteiger partial charge in [-0.1, -0.05) is 6.92 Å². The molecule has 29 heavy (non-hydrogen) atoms. The number of amides is 1. The summed E-state index contributed by atoms with van der Waals surface area (Å²) in [4.78, 5) is 21.1. The zero-order valence-electron chi connectivity index (χ0n) is 16.9. The Balaban J connectivity index is 1.57. The molecule has 0 radical (unpaired) electrons. The number of rotatable bonds is 7. The fourth-order valence-corrected chi connectivity index (χ4v) is 4.56. The van der Waals surface area contributed by atoms with Gasteiger partial charge in [-0.25, -0.2) is 13.1 Å². The highest BCUT2D eigenvalue weighted by molar-refractivity contribution is 7.89. The third-order valence-corrected chi connectivity index (χ3v) is 6.80. The van der Waals surface area contributed by atoms with Crippen molar-refractivity contribution < 1.29 is 13.2 Å². The van der Waals surface area contributed by atoms with Crippen LogP contribution in [0.25, 0.3) is 0 Å². The molecule has 7 nitrogen and oxygen atoms in total. The number of piperazine rings is 1. The van der Waals surface area contributed by atoms with Crippen LogP contribution >= 0.6 is 0 Å². The Morgan fingerprint density at radius 3 is 2.28 bits per heavy atom. The average Bonchev–Trinajstić information content (AvgIpc) is 2.74. The Hall–Kier alpha value is -2.29. The van der Waals surface area contributed by atoms with Gasteiger partial charge in [0.05, 0.1) is 4.90 Å². The summed E-state index contributed by atoms with van der Waals surface area (Å²) in [6.45, 7) is 7.51. The van der Waals surface area contributed by atoms with Crippen LogP contribution in [0.1, 0.15) is 36.2 Å². The zero-order chi connectivity index (χ0) is 20.9. The van der Waals surface area contributed by atoms with Crippen LogP contribution in [0.15, 0.2) is 53.7 Å². The number of carbonyl (C=O) groups excluding carboxylic acids is 1. The molecule has 2 heterocycles. The van der Waals surface area contributed by atoms with Crippen molar-refractivity contribution in [3.63, 3.8) is 0 Å². The Bertz CT molecular complexity index is 909. The highest BCUT2D eigenvalue weighted by Crippen LogP contribution is 2.15. The van der Waals surface area contributed by atoms with Crippen molar-refractivity contribution in [3.8, 4) is 0 Å². The van der Waals surface area contributed by atoms with E-state index in [9.17, 15) is 13.2 Å². The molecule has 1 N–H and O–H groups in total. The second-order valence-corrected chi connectivity index (χ2v) is 9.09. The van der Waals surface area contributed by atoms with Crippen molar-refractivity contribution in [2.75, 3.05) is 26.2 Å². The van der Waals surface area contributed by atoms with Gasteiger partial charge in [0.2, 0.25) is 10.0 Å². The minimum atomic E-state index is -3.56. The van der Waals surface area contributed by atoms with Gasteiger partial charge in [-0.15, -0.1) is 0 Å². The fourth-order valence-electron chi connectivity index (χ4n) is 3.23. The van der Waals surface area contributed by atoms with Gasteiger partial charge in [0.25, 0.3) is 5.91 Å². The molecule has 2 aromatic rings. The van der Waals surface area contributed by atoms with E-state index in [-0.39, 0.29) is 16.8 Å². The molecule has 0 saturated carbocycles. The maximum absolute atomic E-state index is 12.8. The minimum absolute atomic E-state index is 0.0626. The second-order valence-electron chi connectivity index (χ2n) is 7.38. The molecule has 0 aliphatic carbocycles. The number of nitrogens with one attached hydrogen (secondary N) is 1. The molecule has 1 aromatic heterocycles. The van der Waals surface area contributed by atoms with E-state index in [0.29, 0.717) is 25.1 Å². The van der Waals surface area contributed by atoms with E-state index < -0.39 is 10.0 Å². The van der Waals surface area contributed by atoms with Gasteiger partial charge in [0.1, 0.15) is 0 Å². The van der Waals surface area contributed by atoms with E-state index in [1.54, 1.807) is 24.5 Å². The van der Waals surface area contributed by atoms with Crippen LogP contribution in [0.4, 0.5) is 0 Å². The first-order valence-electron chi connectivity index (χ1n) is 9.92. The molecule has 1 atom stereocenters. The number of hydrogen-bond donors (Lipinski definition) is 1. The number of nitrogens with zero attached hydrogens (tertiary/aromatic N) is 3. The number of pyridine rings is 1. The Labute approximate surface area is 172 Å². The van der Waals surface area contributed by atoms with Gasteiger partial charge in [-0.05, 0) is 55.3 Å². The maximum atomic E-state index is 12.8. The molecule has 1 aromatic carbocycles. The van der Waals surface area contributed by atoms with E-state index in [1.807, 2.05) is 30.9 Å². The Morgan fingerprint density at radius 2 is 1.69 bits per heavy atom. The van der Waals surface area contributed by atoms with Crippen LogP contribution in [0.3, 0.4) is 0 Å². The molecule has 0 spiro atoms. The maximum Gasteiger partial charge on any atom is 0.253 e. The summed E-state index contributed by atoms with van der Waals surface area (Å²) in [5, 5.41) is 0. The SMILES string of the molecule is CC[C@@H](C)NS(=O)(=O)c1ccc(C(=O)N2CCN(Cc3ccncc3)CC2)cc1. The van der Waals surface area contributed by atoms with Crippen molar-refractivity contribution >= 4 is 15.9 Å². The Kier molecular flexibility index (Phi) is 7.00. The standard InChI is InChI=1S/C21H28N4O3S/c1-3-17(2)23-29(27,28)20-6-4-19(5-7-20)21(26)25-14-12-24(13-15-25)16-18-8-10-22-11-9-18/h4-11,17,23H,3,12-16H2,1-2H3/t17-/m1/s1. The van der Waals surface area contributed by atoms with Gasteiger partial charge in [0.15, 0.2) is 0 Å². The normalized spacial score (nSPS) is 16.6. The summed E-state index contributed by atoms with van der Waals surface area (Å²) in [6.07, 6.45) is 4.29. The topological polar surface area (TPSA) is 82.6 Å². The largest absolute Gasteiger partial charge is 0.336 e. The third kappa shape index (κ3) is 5.62.